The molecular weight excluding hydrogens is 842 g/mol. The number of likely N-dealkylation sites (tertiary alicyclic amines) is 1. The summed E-state index contributed by atoms with van der Waals surface area (Å²) in [6, 6.07) is 13.7. The Hall–Kier alpha value is -5.49. The third kappa shape index (κ3) is 9.86. The van der Waals surface area contributed by atoms with Crippen molar-refractivity contribution < 1.29 is 38.1 Å². The van der Waals surface area contributed by atoms with E-state index in [9.17, 15) is 29.1 Å². The van der Waals surface area contributed by atoms with Gasteiger partial charge in [-0.15, -0.1) is 17.9 Å². The smallest absolute Gasteiger partial charge is 0.408 e. The number of ether oxygens (including phenoxy) is 3. The lowest BCUT2D eigenvalue weighted by Gasteiger charge is -2.36. The van der Waals surface area contributed by atoms with Gasteiger partial charge < -0.3 is 40.0 Å². The second kappa shape index (κ2) is 18.3. The van der Waals surface area contributed by atoms with Crippen LogP contribution in [0.5, 0.6) is 11.5 Å². The predicted molar refractivity (Wildman–Crippen MR) is 242 cm³/mol. The van der Waals surface area contributed by atoms with E-state index < -0.39 is 60.1 Å². The second-order valence-electron chi connectivity index (χ2n) is 18.1. The van der Waals surface area contributed by atoms with Crippen LogP contribution in [-0.4, -0.2) is 86.9 Å². The van der Waals surface area contributed by atoms with Gasteiger partial charge in [0, 0.05) is 41.3 Å². The molecule has 3 amide bonds. The molecule has 3 heterocycles. The number of aromatic nitrogens is 2. The number of thiazole rings is 1. The first kappa shape index (κ1) is 45.5. The number of benzene rings is 2. The Morgan fingerprint density at radius 1 is 1.11 bits per heavy atom. The van der Waals surface area contributed by atoms with Gasteiger partial charge in [0.1, 0.15) is 46.8 Å². The molecule has 1 unspecified atom stereocenters. The molecule has 6 atom stereocenters. The maximum Gasteiger partial charge on any atom is 0.408 e. The first-order valence-corrected chi connectivity index (χ1v) is 24.1. The van der Waals surface area contributed by atoms with Crippen LogP contribution in [-0.2, 0) is 25.1 Å². The van der Waals surface area contributed by atoms with E-state index in [1.807, 2.05) is 46.1 Å². The van der Waals surface area contributed by atoms with Gasteiger partial charge in [0.2, 0.25) is 19.2 Å². The predicted octanol–water partition coefficient (Wildman–Crippen LogP) is 7.98. The number of anilines is 1. The number of hydrogen-bond donors (Lipinski definition) is 4. The summed E-state index contributed by atoms with van der Waals surface area (Å²) in [4.78, 5) is 65.9. The van der Waals surface area contributed by atoms with Crippen molar-refractivity contribution in [2.45, 2.75) is 115 Å². The number of carbonyl (C=O) groups excluding carboxylic acids is 3. The summed E-state index contributed by atoms with van der Waals surface area (Å²) in [6.45, 7) is 13.3. The molecule has 1 saturated heterocycles. The number of rotatable bonds is 15. The number of nitriles is 1. The number of carbonyl (C=O) groups is 3. The van der Waals surface area contributed by atoms with E-state index >= 15 is 0 Å². The van der Waals surface area contributed by atoms with Gasteiger partial charge in [0.05, 0.1) is 42.7 Å². The average Bonchev–Trinajstić information content (AvgIpc) is 3.63. The lowest BCUT2D eigenvalue weighted by molar-refractivity contribution is -0.142. The molecule has 4 aromatic rings. The third-order valence-corrected chi connectivity index (χ3v) is 15.4. The van der Waals surface area contributed by atoms with E-state index in [0.717, 1.165) is 30.8 Å². The second-order valence-corrected chi connectivity index (χ2v) is 21.4. The Morgan fingerprint density at radius 2 is 1.86 bits per heavy atom. The van der Waals surface area contributed by atoms with Gasteiger partial charge >= 0.3 is 6.09 Å². The van der Waals surface area contributed by atoms with Crippen LogP contribution < -0.4 is 25.4 Å². The highest BCUT2D eigenvalue weighted by Gasteiger charge is 2.66. The van der Waals surface area contributed by atoms with Gasteiger partial charge in [-0.3, -0.25) is 14.2 Å². The van der Waals surface area contributed by atoms with Crippen LogP contribution in [0.3, 0.4) is 0 Å². The zero-order chi connectivity index (χ0) is 45.3. The van der Waals surface area contributed by atoms with Crippen molar-refractivity contribution in [2.75, 3.05) is 19.0 Å². The van der Waals surface area contributed by atoms with Crippen molar-refractivity contribution in [1.29, 1.82) is 5.26 Å². The summed E-state index contributed by atoms with van der Waals surface area (Å²) in [6.07, 6.45) is 3.04. The molecule has 2 aromatic carbocycles. The van der Waals surface area contributed by atoms with E-state index in [4.69, 9.17) is 24.2 Å². The summed E-state index contributed by atoms with van der Waals surface area (Å²) < 4.78 is 32.5. The van der Waals surface area contributed by atoms with Crippen LogP contribution >= 0.6 is 18.7 Å². The Bertz CT molecular complexity index is 2480. The van der Waals surface area contributed by atoms with E-state index in [0.29, 0.717) is 39.4 Å². The number of nitrogens with one attached hydrogen (secondary N) is 3. The summed E-state index contributed by atoms with van der Waals surface area (Å²) in [5.41, 5.74) is 1.57. The third-order valence-electron chi connectivity index (χ3n) is 12.0. The molecule has 2 aromatic heterocycles. The maximum atomic E-state index is 14.9. The number of nitrogens with zero attached hydrogens (tertiary/aromatic N) is 4. The molecule has 7 rings (SSSR count). The number of hydrogen-bond acceptors (Lipinski definition) is 12. The van der Waals surface area contributed by atoms with Crippen molar-refractivity contribution >= 4 is 52.6 Å². The molecule has 63 heavy (non-hydrogen) atoms. The summed E-state index contributed by atoms with van der Waals surface area (Å²) >= 11 is 1.45. The fourth-order valence-electron chi connectivity index (χ4n) is 8.54. The van der Waals surface area contributed by atoms with Gasteiger partial charge in [-0.1, -0.05) is 45.0 Å². The normalized spacial score (nSPS) is 22.5. The van der Waals surface area contributed by atoms with Crippen LogP contribution in [0.25, 0.3) is 22.3 Å². The van der Waals surface area contributed by atoms with Crippen molar-refractivity contribution in [3.63, 3.8) is 0 Å². The lowest BCUT2D eigenvalue weighted by atomic mass is 9.85. The molecular formula is C46H56N7O8PS. The van der Waals surface area contributed by atoms with Crippen molar-refractivity contribution in [2.24, 2.45) is 11.3 Å². The van der Waals surface area contributed by atoms with Crippen LogP contribution in [0.2, 0.25) is 0 Å². The van der Waals surface area contributed by atoms with Gasteiger partial charge in [-0.25, -0.2) is 14.8 Å². The average molecular weight is 898 g/mol. The summed E-state index contributed by atoms with van der Waals surface area (Å²) in [5.74, 6) is -0.701. The van der Waals surface area contributed by atoms with Crippen LogP contribution in [0, 0.1) is 22.7 Å². The molecule has 3 fully saturated rings. The lowest BCUT2D eigenvalue weighted by Crippen LogP contribution is -2.58. The number of amides is 3. The Morgan fingerprint density at radius 3 is 2.52 bits per heavy atom. The summed E-state index contributed by atoms with van der Waals surface area (Å²) in [7, 11) is -2.70. The minimum absolute atomic E-state index is 0.0112. The molecule has 0 radical (unpaired) electrons. The van der Waals surface area contributed by atoms with Crippen LogP contribution in [0.1, 0.15) is 84.3 Å². The zero-order valence-corrected chi connectivity index (χ0v) is 38.3. The molecule has 2 saturated carbocycles. The molecule has 15 nitrogen and oxygen atoms in total. The highest BCUT2D eigenvalue weighted by atomic mass is 32.1. The van der Waals surface area contributed by atoms with Gasteiger partial charge in [0.25, 0.3) is 0 Å². The largest absolute Gasteiger partial charge is 0.497 e. The number of methoxy groups -OCH3 is 1. The van der Waals surface area contributed by atoms with E-state index in [1.165, 1.54) is 16.2 Å². The molecule has 0 spiro atoms. The molecule has 3 aliphatic rings. The Balaban J connectivity index is 1.23. The number of pyridine rings is 1. The van der Waals surface area contributed by atoms with Crippen molar-refractivity contribution in [3.05, 3.63) is 77.7 Å². The van der Waals surface area contributed by atoms with E-state index in [1.54, 1.807) is 55.7 Å². The van der Waals surface area contributed by atoms with Crippen LogP contribution in [0.15, 0.2) is 66.6 Å². The minimum atomic E-state index is -4.27. The molecule has 334 valence electrons. The van der Waals surface area contributed by atoms with Gasteiger partial charge in [-0.05, 0) is 75.1 Å². The standard InChI is InChI=1S/C46H56N7O8PS/c1-8-30-22-46(30,62(57,58)25-29-14-10-9-13-28(29)23-47)52-41(54)38-20-33(24-53(38)42(55)40(45(4,5)6)51-44(56)61-31-15-11-12-16-31)60-39-21-36(37-26-63-43(50-37)48-27(2)3)49-35-19-32(59-7)17-18-34(35)39/h8-10,13-14,17-19,21,26-27,30-31,33,38,40H,1,11-12,15-16,20,22,24-25H2,2-7H3,(H,48,50)(H,51,56)(H,52,54)(H,57,58)/t30-,33-,38+,40-,46+/m1/s1. The SMILES string of the molecule is C=C[C@@H]1C[C@]1(NC(=O)[C@@H]1C[C@@H](Oc2cc(-c3csc(NC(C)C)n3)nc3cc(OC)ccc23)CN1C(=O)[C@@H](NC(=O)OC1CCCC1)C(C)(C)C)P(=O)(O)Cc1ccccc1C#N. The molecule has 17 heteroatoms. The first-order valence-electron chi connectivity index (χ1n) is 21.3. The van der Waals surface area contributed by atoms with Crippen molar-refractivity contribution in [1.82, 2.24) is 25.5 Å². The van der Waals surface area contributed by atoms with Crippen LogP contribution in [0.4, 0.5) is 9.93 Å². The first-order chi connectivity index (χ1) is 29.9. The Kier molecular flexibility index (Phi) is 13.2. The van der Waals surface area contributed by atoms with E-state index in [-0.39, 0.29) is 43.3 Å². The highest BCUT2D eigenvalue weighted by molar-refractivity contribution is 7.59. The fraction of sp³-hybridized carbons (Fsp3) is 0.478. The number of alkyl carbamates (subject to hydrolysis) is 1. The Labute approximate surface area is 372 Å². The quantitative estimate of drug-likeness (QED) is 0.0662. The topological polar surface area (TPSA) is 205 Å². The molecule has 2 aliphatic carbocycles. The van der Waals surface area contributed by atoms with Gasteiger partial charge in [0.15, 0.2) is 5.13 Å². The van der Waals surface area contributed by atoms with Gasteiger partial charge in [-0.2, -0.15) is 5.26 Å². The van der Waals surface area contributed by atoms with Crippen molar-refractivity contribution in [3.8, 4) is 29.0 Å². The van der Waals surface area contributed by atoms with E-state index in [2.05, 4.69) is 28.6 Å². The summed E-state index contributed by atoms with van der Waals surface area (Å²) in [5, 5.41) is 20.5. The molecule has 0 bridgehead atoms. The molecule has 1 aliphatic heterocycles. The minimum Gasteiger partial charge on any atom is -0.497 e. The monoisotopic (exact) mass is 897 g/mol. The number of fused-ring (bicyclic) bond motifs is 1. The fourth-order valence-corrected chi connectivity index (χ4v) is 11.8. The zero-order valence-electron chi connectivity index (χ0n) is 36.6. The maximum absolute atomic E-state index is 14.9. The molecule has 4 N–H and O–H groups in total. The highest BCUT2D eigenvalue weighted by Crippen LogP contribution is 2.71.